The SMILES string of the molecule is COc1ccc(OCCCOc2c(F)c(F)cc(F)c2F)cc1. The fraction of sp³-hybridized carbons (Fsp3) is 0.250. The molecule has 0 spiro atoms. The predicted octanol–water partition coefficient (Wildman–Crippen LogP) is 4.10. The molecule has 0 aliphatic rings. The lowest BCUT2D eigenvalue weighted by atomic mass is 10.3. The van der Waals surface area contributed by atoms with Crippen molar-refractivity contribution in [3.8, 4) is 17.2 Å². The Morgan fingerprint density at radius 3 is 1.87 bits per heavy atom. The molecule has 0 aliphatic carbocycles. The molecule has 2 rings (SSSR count). The Morgan fingerprint density at radius 1 is 0.783 bits per heavy atom. The summed E-state index contributed by atoms with van der Waals surface area (Å²) in [6, 6.07) is 6.95. The van der Waals surface area contributed by atoms with Crippen molar-refractivity contribution in [3.05, 3.63) is 53.6 Å². The number of halogens is 4. The monoisotopic (exact) mass is 330 g/mol. The van der Waals surface area contributed by atoms with Crippen molar-refractivity contribution in [3.63, 3.8) is 0 Å². The quantitative estimate of drug-likeness (QED) is 0.435. The van der Waals surface area contributed by atoms with E-state index in [0.29, 0.717) is 11.5 Å². The van der Waals surface area contributed by atoms with Crippen molar-refractivity contribution in [2.45, 2.75) is 6.42 Å². The molecule has 0 atom stereocenters. The molecule has 0 heterocycles. The number of rotatable bonds is 7. The molecule has 0 saturated carbocycles. The first-order chi connectivity index (χ1) is 11.0. The molecule has 0 fully saturated rings. The van der Waals surface area contributed by atoms with Gasteiger partial charge in [0.2, 0.25) is 11.6 Å². The molecular weight excluding hydrogens is 316 g/mol. The van der Waals surface area contributed by atoms with Crippen LogP contribution >= 0.6 is 0 Å². The van der Waals surface area contributed by atoms with Crippen LogP contribution in [-0.2, 0) is 0 Å². The van der Waals surface area contributed by atoms with Crippen molar-refractivity contribution in [2.24, 2.45) is 0 Å². The highest BCUT2D eigenvalue weighted by molar-refractivity contribution is 5.31. The van der Waals surface area contributed by atoms with Crippen LogP contribution in [0.4, 0.5) is 17.6 Å². The Balaban J connectivity index is 1.81. The molecule has 7 heteroatoms. The summed E-state index contributed by atoms with van der Waals surface area (Å²) in [5, 5.41) is 0. The second-order valence-electron chi connectivity index (χ2n) is 4.52. The minimum Gasteiger partial charge on any atom is -0.497 e. The van der Waals surface area contributed by atoms with Gasteiger partial charge in [-0.2, -0.15) is 8.78 Å². The molecular formula is C16H14F4O3. The van der Waals surface area contributed by atoms with E-state index in [1.165, 1.54) is 0 Å². The van der Waals surface area contributed by atoms with Gasteiger partial charge >= 0.3 is 0 Å². The van der Waals surface area contributed by atoms with E-state index in [1.54, 1.807) is 31.4 Å². The third-order valence-corrected chi connectivity index (χ3v) is 2.93. The summed E-state index contributed by atoms with van der Waals surface area (Å²) in [4.78, 5) is 0. The van der Waals surface area contributed by atoms with E-state index in [0.717, 1.165) is 0 Å². The van der Waals surface area contributed by atoms with E-state index < -0.39 is 29.0 Å². The zero-order chi connectivity index (χ0) is 16.8. The lowest BCUT2D eigenvalue weighted by molar-refractivity contribution is 0.228. The molecule has 0 saturated heterocycles. The Labute approximate surface area is 130 Å². The van der Waals surface area contributed by atoms with Gasteiger partial charge in [-0.05, 0) is 24.3 Å². The molecule has 3 nitrogen and oxygen atoms in total. The highest BCUT2D eigenvalue weighted by Gasteiger charge is 2.20. The standard InChI is InChI=1S/C16H14F4O3/c1-21-10-3-5-11(6-4-10)22-7-2-8-23-16-14(19)12(17)9-13(18)15(16)20/h3-6,9H,2,7-8H2,1H3. The van der Waals surface area contributed by atoms with Crippen LogP contribution in [0.15, 0.2) is 30.3 Å². The van der Waals surface area contributed by atoms with E-state index in [9.17, 15) is 17.6 Å². The fourth-order valence-electron chi connectivity index (χ4n) is 1.77. The fourth-order valence-corrected chi connectivity index (χ4v) is 1.77. The van der Waals surface area contributed by atoms with Crippen molar-refractivity contribution in [1.82, 2.24) is 0 Å². The van der Waals surface area contributed by atoms with E-state index in [4.69, 9.17) is 14.2 Å². The summed E-state index contributed by atoms with van der Waals surface area (Å²) < 4.78 is 67.8. The van der Waals surface area contributed by atoms with Crippen LogP contribution in [0.1, 0.15) is 6.42 Å². The molecule has 124 valence electrons. The van der Waals surface area contributed by atoms with E-state index in [1.807, 2.05) is 0 Å². The highest BCUT2D eigenvalue weighted by Crippen LogP contribution is 2.26. The molecule has 0 unspecified atom stereocenters. The Bertz CT molecular complexity index is 633. The van der Waals surface area contributed by atoms with Gasteiger partial charge in [0.1, 0.15) is 11.5 Å². The lowest BCUT2D eigenvalue weighted by Gasteiger charge is -2.10. The Kier molecular flexibility index (Phi) is 5.67. The Morgan fingerprint density at radius 2 is 1.30 bits per heavy atom. The van der Waals surface area contributed by atoms with Gasteiger partial charge in [-0.1, -0.05) is 0 Å². The van der Waals surface area contributed by atoms with Crippen LogP contribution in [-0.4, -0.2) is 20.3 Å². The molecule has 0 bridgehead atoms. The smallest absolute Gasteiger partial charge is 0.203 e. The molecule has 0 radical (unpaired) electrons. The van der Waals surface area contributed by atoms with Crippen LogP contribution in [0.2, 0.25) is 0 Å². The molecule has 2 aromatic rings. The average molecular weight is 330 g/mol. The number of benzene rings is 2. The van der Waals surface area contributed by atoms with Gasteiger partial charge in [0.05, 0.1) is 20.3 Å². The van der Waals surface area contributed by atoms with E-state index in [-0.39, 0.29) is 25.7 Å². The van der Waals surface area contributed by atoms with E-state index >= 15 is 0 Å². The van der Waals surface area contributed by atoms with Crippen LogP contribution in [0.25, 0.3) is 0 Å². The molecule has 23 heavy (non-hydrogen) atoms. The summed E-state index contributed by atoms with van der Waals surface area (Å²) >= 11 is 0. The van der Waals surface area contributed by atoms with Crippen LogP contribution < -0.4 is 14.2 Å². The van der Waals surface area contributed by atoms with Gasteiger partial charge in [-0.3, -0.25) is 0 Å². The summed E-state index contributed by atoms with van der Waals surface area (Å²) in [6.07, 6.45) is 0.267. The minimum atomic E-state index is -1.56. The zero-order valence-electron chi connectivity index (χ0n) is 12.2. The maximum absolute atomic E-state index is 13.3. The lowest BCUT2D eigenvalue weighted by Crippen LogP contribution is -2.08. The minimum absolute atomic E-state index is 0.129. The molecule has 0 aromatic heterocycles. The molecule has 2 aromatic carbocycles. The highest BCUT2D eigenvalue weighted by atomic mass is 19.2. The van der Waals surface area contributed by atoms with Gasteiger partial charge in [0.25, 0.3) is 0 Å². The number of methoxy groups -OCH3 is 1. The van der Waals surface area contributed by atoms with Crippen molar-refractivity contribution in [1.29, 1.82) is 0 Å². The predicted molar refractivity (Wildman–Crippen MR) is 74.9 cm³/mol. The summed E-state index contributed by atoms with van der Waals surface area (Å²) in [5.74, 6) is -5.92. The second kappa shape index (κ2) is 7.71. The first-order valence-corrected chi connectivity index (χ1v) is 6.75. The van der Waals surface area contributed by atoms with Gasteiger partial charge in [-0.25, -0.2) is 8.78 Å². The summed E-state index contributed by atoms with van der Waals surface area (Å²) in [7, 11) is 1.54. The van der Waals surface area contributed by atoms with Crippen LogP contribution in [0.5, 0.6) is 17.2 Å². The average Bonchev–Trinajstić information content (AvgIpc) is 2.56. The summed E-state index contributed by atoms with van der Waals surface area (Å²) in [6.45, 7) is 0.0419. The van der Waals surface area contributed by atoms with E-state index in [2.05, 4.69) is 0 Å². The second-order valence-corrected chi connectivity index (χ2v) is 4.52. The van der Waals surface area contributed by atoms with Crippen molar-refractivity contribution in [2.75, 3.05) is 20.3 Å². The van der Waals surface area contributed by atoms with Crippen molar-refractivity contribution < 1.29 is 31.8 Å². The number of hydrogen-bond donors (Lipinski definition) is 0. The maximum atomic E-state index is 13.3. The van der Waals surface area contributed by atoms with Gasteiger partial charge in [-0.15, -0.1) is 0 Å². The van der Waals surface area contributed by atoms with Crippen LogP contribution in [0.3, 0.4) is 0 Å². The topological polar surface area (TPSA) is 27.7 Å². The van der Waals surface area contributed by atoms with Crippen LogP contribution in [0, 0.1) is 23.3 Å². The maximum Gasteiger partial charge on any atom is 0.203 e. The first kappa shape index (κ1) is 16.9. The zero-order valence-corrected chi connectivity index (χ0v) is 12.2. The largest absolute Gasteiger partial charge is 0.497 e. The molecule has 0 amide bonds. The normalized spacial score (nSPS) is 10.5. The van der Waals surface area contributed by atoms with Crippen molar-refractivity contribution >= 4 is 0 Å². The third-order valence-electron chi connectivity index (χ3n) is 2.93. The number of hydrogen-bond acceptors (Lipinski definition) is 3. The Hall–Kier alpha value is -2.44. The van der Waals surface area contributed by atoms with Gasteiger partial charge in [0.15, 0.2) is 17.4 Å². The molecule has 0 N–H and O–H groups in total. The third kappa shape index (κ3) is 4.28. The molecule has 0 aliphatic heterocycles. The van der Waals surface area contributed by atoms with Gasteiger partial charge < -0.3 is 14.2 Å². The first-order valence-electron chi connectivity index (χ1n) is 6.75. The number of ether oxygens (including phenoxy) is 3. The van der Waals surface area contributed by atoms with Gasteiger partial charge in [0, 0.05) is 12.5 Å². The summed E-state index contributed by atoms with van der Waals surface area (Å²) in [5.41, 5.74) is 0.